The molecule has 118 valence electrons. The van der Waals surface area contributed by atoms with Crippen molar-refractivity contribution in [3.05, 3.63) is 35.9 Å². The van der Waals surface area contributed by atoms with Crippen molar-refractivity contribution >= 4 is 35.2 Å². The Morgan fingerprint density at radius 3 is 2.43 bits per heavy atom. The molecule has 0 aliphatic rings. The van der Waals surface area contributed by atoms with Crippen LogP contribution in [0, 0.1) is 0 Å². The van der Waals surface area contributed by atoms with Crippen LogP contribution in [0.1, 0.15) is 25.8 Å². The SMILES string of the molecule is CCOC(=O)[C@H](CCc1ccccc1)N[C@@H](C)C(=O)Cl.Cl. The van der Waals surface area contributed by atoms with Gasteiger partial charge in [0.15, 0.2) is 0 Å². The zero-order valence-electron chi connectivity index (χ0n) is 12.2. The summed E-state index contributed by atoms with van der Waals surface area (Å²) in [5.41, 5.74) is 1.13. The number of ether oxygens (including phenoxy) is 1. The summed E-state index contributed by atoms with van der Waals surface area (Å²) in [5, 5.41) is 2.40. The van der Waals surface area contributed by atoms with Crippen LogP contribution in [-0.2, 0) is 20.7 Å². The average molecular weight is 334 g/mol. The molecule has 0 heterocycles. The van der Waals surface area contributed by atoms with Crippen molar-refractivity contribution in [3.63, 3.8) is 0 Å². The smallest absolute Gasteiger partial charge is 0.323 e. The monoisotopic (exact) mass is 333 g/mol. The Hall–Kier alpha value is -1.10. The average Bonchev–Trinajstić information content (AvgIpc) is 2.44. The van der Waals surface area contributed by atoms with E-state index in [0.29, 0.717) is 13.0 Å². The van der Waals surface area contributed by atoms with Gasteiger partial charge in [0.25, 0.3) is 0 Å². The van der Waals surface area contributed by atoms with Crippen molar-refractivity contribution in [2.75, 3.05) is 6.61 Å². The molecule has 0 unspecified atom stereocenters. The molecule has 1 aromatic carbocycles. The lowest BCUT2D eigenvalue weighted by molar-refractivity contribution is -0.146. The number of nitrogens with one attached hydrogen (secondary N) is 1. The third kappa shape index (κ3) is 7.46. The molecule has 0 amide bonds. The lowest BCUT2D eigenvalue weighted by Crippen LogP contribution is -2.45. The summed E-state index contributed by atoms with van der Waals surface area (Å²) >= 11 is 5.42. The fourth-order valence-electron chi connectivity index (χ4n) is 1.84. The van der Waals surface area contributed by atoms with E-state index in [1.54, 1.807) is 13.8 Å². The van der Waals surface area contributed by atoms with E-state index in [1.165, 1.54) is 0 Å². The maximum atomic E-state index is 11.9. The standard InChI is InChI=1S/C15H20ClNO3.ClH/c1-3-20-15(19)13(17-11(2)14(16)18)10-9-12-7-5-4-6-8-12;/h4-8,11,13,17H,3,9-10H2,1-2H3;1H/t11-,13-;/m0./s1. The zero-order valence-corrected chi connectivity index (χ0v) is 13.7. The van der Waals surface area contributed by atoms with Gasteiger partial charge in [-0.1, -0.05) is 30.3 Å². The number of aryl methyl sites for hydroxylation is 1. The first-order valence-corrected chi connectivity index (χ1v) is 7.08. The topological polar surface area (TPSA) is 55.4 Å². The summed E-state index contributed by atoms with van der Waals surface area (Å²) in [5.74, 6) is -0.354. The largest absolute Gasteiger partial charge is 0.465 e. The van der Waals surface area contributed by atoms with Gasteiger partial charge in [-0.25, -0.2) is 0 Å². The Balaban J connectivity index is 0.00000400. The van der Waals surface area contributed by atoms with Crippen molar-refractivity contribution in [2.45, 2.75) is 38.8 Å². The highest BCUT2D eigenvalue weighted by atomic mass is 35.5. The minimum absolute atomic E-state index is 0. The summed E-state index contributed by atoms with van der Waals surface area (Å²) in [6.45, 7) is 3.69. The minimum Gasteiger partial charge on any atom is -0.465 e. The first kappa shape index (κ1) is 19.9. The maximum Gasteiger partial charge on any atom is 0.323 e. The van der Waals surface area contributed by atoms with Crippen LogP contribution < -0.4 is 5.32 Å². The molecule has 0 aromatic heterocycles. The van der Waals surface area contributed by atoms with Gasteiger partial charge in [-0.2, -0.15) is 0 Å². The summed E-state index contributed by atoms with van der Waals surface area (Å²) < 4.78 is 5.02. The van der Waals surface area contributed by atoms with Gasteiger partial charge in [0, 0.05) is 0 Å². The molecule has 0 bridgehead atoms. The summed E-state index contributed by atoms with van der Waals surface area (Å²) in [7, 11) is 0. The number of halogens is 2. The van der Waals surface area contributed by atoms with Crippen molar-refractivity contribution in [2.24, 2.45) is 0 Å². The normalized spacial score (nSPS) is 12.9. The van der Waals surface area contributed by atoms with Gasteiger partial charge in [-0.3, -0.25) is 14.9 Å². The Labute approximate surface area is 136 Å². The molecule has 2 atom stereocenters. The lowest BCUT2D eigenvalue weighted by Gasteiger charge is -2.20. The predicted octanol–water partition coefficient (Wildman–Crippen LogP) is 2.72. The van der Waals surface area contributed by atoms with Crippen molar-refractivity contribution in [1.29, 1.82) is 0 Å². The molecule has 0 aliphatic carbocycles. The molecule has 4 nitrogen and oxygen atoms in total. The van der Waals surface area contributed by atoms with E-state index in [0.717, 1.165) is 12.0 Å². The summed E-state index contributed by atoms with van der Waals surface area (Å²) in [6.07, 6.45) is 1.28. The van der Waals surface area contributed by atoms with E-state index in [1.807, 2.05) is 30.3 Å². The van der Waals surface area contributed by atoms with Gasteiger partial charge < -0.3 is 4.74 Å². The molecule has 0 spiro atoms. The predicted molar refractivity (Wildman–Crippen MR) is 85.9 cm³/mol. The Morgan fingerprint density at radius 1 is 1.29 bits per heavy atom. The molecular weight excluding hydrogens is 313 g/mol. The number of esters is 1. The highest BCUT2D eigenvalue weighted by molar-refractivity contribution is 6.64. The van der Waals surface area contributed by atoms with Gasteiger partial charge in [-0.05, 0) is 43.9 Å². The Bertz CT molecular complexity index is 440. The summed E-state index contributed by atoms with van der Waals surface area (Å²) in [6, 6.07) is 8.73. The van der Waals surface area contributed by atoms with Crippen LogP contribution in [0.15, 0.2) is 30.3 Å². The van der Waals surface area contributed by atoms with Crippen molar-refractivity contribution in [1.82, 2.24) is 5.32 Å². The quantitative estimate of drug-likeness (QED) is 0.587. The number of carbonyl (C=O) groups is 2. The van der Waals surface area contributed by atoms with Crippen molar-refractivity contribution in [3.8, 4) is 0 Å². The maximum absolute atomic E-state index is 11.9. The lowest BCUT2D eigenvalue weighted by atomic mass is 10.0. The molecule has 0 fully saturated rings. The number of carbonyl (C=O) groups excluding carboxylic acids is 2. The second kappa shape index (κ2) is 10.6. The van der Waals surface area contributed by atoms with Crippen LogP contribution in [0.4, 0.5) is 0 Å². The van der Waals surface area contributed by atoms with Crippen molar-refractivity contribution < 1.29 is 14.3 Å². The van der Waals surface area contributed by atoms with E-state index >= 15 is 0 Å². The minimum atomic E-state index is -0.582. The second-order valence-corrected chi connectivity index (χ2v) is 4.89. The van der Waals surface area contributed by atoms with E-state index in [2.05, 4.69) is 5.32 Å². The molecule has 1 N–H and O–H groups in total. The number of hydrogen-bond acceptors (Lipinski definition) is 4. The molecular formula is C15H21Cl2NO3. The fraction of sp³-hybridized carbons (Fsp3) is 0.467. The van der Waals surface area contributed by atoms with E-state index in [4.69, 9.17) is 16.3 Å². The van der Waals surface area contributed by atoms with Crippen LogP contribution >= 0.6 is 24.0 Å². The molecule has 0 radical (unpaired) electrons. The van der Waals surface area contributed by atoms with Gasteiger partial charge in [0.1, 0.15) is 6.04 Å². The number of benzene rings is 1. The van der Waals surface area contributed by atoms with Crippen LogP contribution in [0.25, 0.3) is 0 Å². The zero-order chi connectivity index (χ0) is 15.0. The Kier molecular flexibility index (Phi) is 10.0. The molecule has 1 rings (SSSR count). The van der Waals surface area contributed by atoms with Crippen LogP contribution in [-0.4, -0.2) is 29.9 Å². The van der Waals surface area contributed by atoms with E-state index in [-0.39, 0.29) is 18.4 Å². The molecule has 6 heteroatoms. The number of rotatable bonds is 8. The third-order valence-corrected chi connectivity index (χ3v) is 3.25. The second-order valence-electron chi connectivity index (χ2n) is 4.52. The van der Waals surface area contributed by atoms with Gasteiger partial charge in [0.05, 0.1) is 12.6 Å². The highest BCUT2D eigenvalue weighted by Crippen LogP contribution is 2.08. The molecule has 0 saturated carbocycles. The first-order chi connectivity index (χ1) is 9.54. The summed E-state index contributed by atoms with van der Waals surface area (Å²) in [4.78, 5) is 23.0. The molecule has 0 aliphatic heterocycles. The van der Waals surface area contributed by atoms with Gasteiger partial charge in [-0.15, -0.1) is 12.4 Å². The number of hydrogen-bond donors (Lipinski definition) is 1. The van der Waals surface area contributed by atoms with Crippen LogP contribution in [0.3, 0.4) is 0 Å². The van der Waals surface area contributed by atoms with E-state index < -0.39 is 17.3 Å². The molecule has 1 aromatic rings. The highest BCUT2D eigenvalue weighted by Gasteiger charge is 2.23. The third-order valence-electron chi connectivity index (χ3n) is 2.93. The Morgan fingerprint density at radius 2 is 1.90 bits per heavy atom. The van der Waals surface area contributed by atoms with Gasteiger partial charge >= 0.3 is 5.97 Å². The first-order valence-electron chi connectivity index (χ1n) is 6.70. The van der Waals surface area contributed by atoms with Crippen LogP contribution in [0.5, 0.6) is 0 Å². The van der Waals surface area contributed by atoms with Gasteiger partial charge in [0.2, 0.25) is 5.24 Å². The fourth-order valence-corrected chi connectivity index (χ4v) is 1.90. The van der Waals surface area contributed by atoms with E-state index in [9.17, 15) is 9.59 Å². The molecule has 21 heavy (non-hydrogen) atoms. The molecule has 0 saturated heterocycles. The van der Waals surface area contributed by atoms with Crippen LogP contribution in [0.2, 0.25) is 0 Å².